The molecule has 0 aromatic heterocycles. The highest BCUT2D eigenvalue weighted by Crippen LogP contribution is 2.37. The van der Waals surface area contributed by atoms with Gasteiger partial charge in [-0.25, -0.2) is 0 Å². The topological polar surface area (TPSA) is 9.49 Å². The molecule has 0 atom stereocenters. The molecule has 0 spiro atoms. The quantitative estimate of drug-likeness (QED) is 0.139. The summed E-state index contributed by atoms with van der Waals surface area (Å²) in [6, 6.07) is 36.2. The Morgan fingerprint density at radius 2 is 1.23 bits per heavy atom. The highest BCUT2D eigenvalue weighted by atomic mass is 35.5. The van der Waals surface area contributed by atoms with Crippen LogP contribution in [0.5, 0.6) is 0 Å². The summed E-state index contributed by atoms with van der Waals surface area (Å²) in [5.74, 6) is 0. The van der Waals surface area contributed by atoms with Gasteiger partial charge in [-0.2, -0.15) is 4.58 Å². The van der Waals surface area contributed by atoms with E-state index in [0.29, 0.717) is 0 Å². The van der Waals surface area contributed by atoms with Crippen LogP contribution in [-0.2, 0) is 0 Å². The van der Waals surface area contributed by atoms with E-state index in [9.17, 15) is 0 Å². The fourth-order valence-electron chi connectivity index (χ4n) is 5.31. The van der Waals surface area contributed by atoms with Crippen LogP contribution in [0, 0.1) is 0 Å². The Kier molecular flexibility index (Phi) is 13.7. The maximum atomic E-state index is 5.88. The predicted octanol–water partition coefficient (Wildman–Crippen LogP) is 10.4. The van der Waals surface area contributed by atoms with E-state index in [4.69, 9.17) is 11.6 Å². The van der Waals surface area contributed by atoms with Crippen molar-refractivity contribution < 1.29 is 4.58 Å². The second kappa shape index (κ2) is 17.7. The third-order valence-corrected chi connectivity index (χ3v) is 7.86. The van der Waals surface area contributed by atoms with E-state index in [2.05, 4.69) is 153 Å². The number of rotatable bonds is 9. The molecule has 0 N–H and O–H groups in total. The van der Waals surface area contributed by atoms with Gasteiger partial charge in [0.1, 0.15) is 7.05 Å². The fraction of sp³-hybridized carbons (Fsp3) is 0.225. The summed E-state index contributed by atoms with van der Waals surface area (Å²) in [6.45, 7) is 19.5. The molecule has 0 bridgehead atoms. The Hall–Kier alpha value is -4.34. The van der Waals surface area contributed by atoms with Crippen molar-refractivity contribution in [3.63, 3.8) is 0 Å². The molecule has 0 saturated heterocycles. The van der Waals surface area contributed by atoms with Crippen LogP contribution in [-0.4, -0.2) is 43.5 Å². The number of allylic oxidation sites excluding steroid dienone is 3. The second-order valence-electron chi connectivity index (χ2n) is 10.2. The van der Waals surface area contributed by atoms with Gasteiger partial charge in [-0.15, -0.1) is 0 Å². The molecular formula is C40H47ClN3+. The first-order valence-corrected chi connectivity index (χ1v) is 15.9. The number of hydrogen-bond donors (Lipinski definition) is 0. The second-order valence-corrected chi connectivity index (χ2v) is 10.7. The molecule has 0 saturated carbocycles. The lowest BCUT2D eigenvalue weighted by Gasteiger charge is -2.20. The summed E-state index contributed by atoms with van der Waals surface area (Å²) in [7, 11) is 2.16. The molecule has 3 nitrogen and oxygen atoms in total. The molecule has 4 heteroatoms. The zero-order chi connectivity index (χ0) is 31.9. The Morgan fingerprint density at radius 1 is 0.659 bits per heavy atom. The van der Waals surface area contributed by atoms with E-state index in [1.165, 1.54) is 45.0 Å². The Labute approximate surface area is 270 Å². The van der Waals surface area contributed by atoms with Crippen molar-refractivity contribution >= 4 is 46.0 Å². The van der Waals surface area contributed by atoms with Crippen LogP contribution in [0.25, 0.3) is 11.6 Å². The summed E-state index contributed by atoms with van der Waals surface area (Å²) in [4.78, 5) is 4.64. The normalized spacial score (nSPS) is 12.4. The summed E-state index contributed by atoms with van der Waals surface area (Å²) in [5, 5.41) is 0.805. The monoisotopic (exact) mass is 604 g/mol. The van der Waals surface area contributed by atoms with E-state index in [0.717, 1.165) is 31.2 Å². The molecule has 1 aliphatic heterocycles. The van der Waals surface area contributed by atoms with E-state index < -0.39 is 0 Å². The molecule has 0 fully saturated rings. The molecule has 1 aliphatic rings. The highest BCUT2D eigenvalue weighted by molar-refractivity contribution is 6.35. The van der Waals surface area contributed by atoms with Crippen molar-refractivity contribution in [1.29, 1.82) is 0 Å². The van der Waals surface area contributed by atoms with Gasteiger partial charge in [0.05, 0.1) is 11.1 Å². The van der Waals surface area contributed by atoms with E-state index in [1.54, 1.807) is 12.2 Å². The molecule has 5 rings (SSSR count). The summed E-state index contributed by atoms with van der Waals surface area (Å²) >= 11 is 5.88. The largest absolute Gasteiger partial charge is 0.372 e. The number of benzene rings is 4. The zero-order valence-electron chi connectivity index (χ0n) is 27.0. The van der Waals surface area contributed by atoms with Crippen molar-refractivity contribution in [1.82, 2.24) is 0 Å². The number of nitrogens with zero attached hydrogens (tertiary/aromatic N) is 3. The molecule has 4 aromatic rings. The van der Waals surface area contributed by atoms with Crippen molar-refractivity contribution in [3.05, 3.63) is 150 Å². The molecule has 0 amide bonds. The van der Waals surface area contributed by atoms with Gasteiger partial charge in [-0.05, 0) is 87.9 Å². The molecule has 4 aromatic carbocycles. The number of halogens is 1. The maximum absolute atomic E-state index is 5.88. The third-order valence-electron chi connectivity index (χ3n) is 7.63. The Morgan fingerprint density at radius 3 is 1.80 bits per heavy atom. The van der Waals surface area contributed by atoms with Gasteiger partial charge in [-0.3, -0.25) is 0 Å². The molecule has 228 valence electrons. The van der Waals surface area contributed by atoms with Gasteiger partial charge in [0.2, 0.25) is 11.4 Å². The predicted molar refractivity (Wildman–Crippen MR) is 196 cm³/mol. The smallest absolute Gasteiger partial charge is 0.220 e. The lowest BCUT2D eigenvalue weighted by atomic mass is 9.96. The minimum Gasteiger partial charge on any atom is -0.372 e. The molecule has 0 radical (unpaired) electrons. The number of para-hydroxylation sites is 1. The van der Waals surface area contributed by atoms with Crippen LogP contribution in [0.1, 0.15) is 44.4 Å². The van der Waals surface area contributed by atoms with E-state index in [-0.39, 0.29) is 0 Å². The van der Waals surface area contributed by atoms with Crippen molar-refractivity contribution in [2.24, 2.45) is 0 Å². The molecule has 1 heterocycles. The Balaban J connectivity index is 0.000000275. The maximum Gasteiger partial charge on any atom is 0.220 e. The summed E-state index contributed by atoms with van der Waals surface area (Å²) in [5.41, 5.74) is 10.0. The Bertz CT molecular complexity index is 1540. The SMILES string of the molecule is C=CC=C.CCN(CC)c1ccc(/C=C2\C(c3ccccc3)=[N+](C)c3ccccc32)cc1.CCN(CC)c1cccc(Cl)c1. The first-order chi connectivity index (χ1) is 21.4. The lowest BCUT2D eigenvalue weighted by molar-refractivity contribution is -0.400. The van der Waals surface area contributed by atoms with Crippen molar-refractivity contribution in [2.75, 3.05) is 43.0 Å². The highest BCUT2D eigenvalue weighted by Gasteiger charge is 2.32. The van der Waals surface area contributed by atoms with Crippen LogP contribution in [0.15, 0.2) is 128 Å². The minimum atomic E-state index is 0.805. The molecular weight excluding hydrogens is 558 g/mol. The molecule has 0 unspecified atom stereocenters. The van der Waals surface area contributed by atoms with Crippen LogP contribution in [0.2, 0.25) is 5.02 Å². The van der Waals surface area contributed by atoms with Crippen molar-refractivity contribution in [2.45, 2.75) is 27.7 Å². The zero-order valence-corrected chi connectivity index (χ0v) is 27.8. The molecule has 44 heavy (non-hydrogen) atoms. The third kappa shape index (κ3) is 8.84. The van der Waals surface area contributed by atoms with Gasteiger partial charge in [-0.1, -0.05) is 85.4 Å². The number of anilines is 2. The van der Waals surface area contributed by atoms with E-state index in [1.807, 2.05) is 18.2 Å². The van der Waals surface area contributed by atoms with Crippen LogP contribution in [0.3, 0.4) is 0 Å². The summed E-state index contributed by atoms with van der Waals surface area (Å²) in [6.07, 6.45) is 5.59. The van der Waals surface area contributed by atoms with Crippen molar-refractivity contribution in [3.8, 4) is 0 Å². The first-order valence-electron chi connectivity index (χ1n) is 15.5. The lowest BCUT2D eigenvalue weighted by Crippen LogP contribution is -2.21. The number of hydrogen-bond acceptors (Lipinski definition) is 2. The van der Waals surface area contributed by atoms with E-state index >= 15 is 0 Å². The summed E-state index contributed by atoms with van der Waals surface area (Å²) < 4.78 is 2.31. The van der Waals surface area contributed by atoms with Gasteiger partial charge in [0.15, 0.2) is 0 Å². The van der Waals surface area contributed by atoms with Gasteiger partial charge in [0, 0.05) is 54.2 Å². The standard InChI is InChI=1S/C26H27N2.C10H14ClN.C4H6/c1-4-28(5-2)22-17-15-20(16-18-22)19-24-23-13-9-10-14-25(23)27(3)26(24)21-11-7-6-8-12-21;1-3-12(4-2)10-7-5-6-9(11)8-10;1-3-4-2/h6-19H,4-5H2,1-3H3;5-8H,3-4H2,1-2H3;3-4H,1-2H2/q+1;;. The fourth-order valence-corrected chi connectivity index (χ4v) is 5.50. The number of fused-ring (bicyclic) bond motifs is 1. The minimum absolute atomic E-state index is 0.805. The van der Waals surface area contributed by atoms with Crippen LogP contribution < -0.4 is 9.80 Å². The van der Waals surface area contributed by atoms with Gasteiger partial charge in [0.25, 0.3) is 0 Å². The van der Waals surface area contributed by atoms with Gasteiger partial charge < -0.3 is 9.80 Å². The van der Waals surface area contributed by atoms with Crippen LogP contribution in [0.4, 0.5) is 17.1 Å². The average Bonchev–Trinajstić information content (AvgIpc) is 3.34. The average molecular weight is 605 g/mol. The van der Waals surface area contributed by atoms with Gasteiger partial charge >= 0.3 is 0 Å². The first kappa shape index (κ1) is 34.2. The van der Waals surface area contributed by atoms with Crippen LogP contribution >= 0.6 is 11.6 Å². The molecule has 0 aliphatic carbocycles.